The number of alkyl halides is 1. The zero-order valence-corrected chi connectivity index (χ0v) is 22.8. The summed E-state index contributed by atoms with van der Waals surface area (Å²) in [6.45, 7) is 6.32. The van der Waals surface area contributed by atoms with Gasteiger partial charge in [-0.25, -0.2) is 4.79 Å². The Morgan fingerprint density at radius 2 is 1.57 bits per heavy atom. The van der Waals surface area contributed by atoms with E-state index in [0.29, 0.717) is 6.61 Å². The van der Waals surface area contributed by atoms with E-state index in [1.54, 1.807) is 0 Å². The van der Waals surface area contributed by atoms with Crippen LogP contribution in [0.3, 0.4) is 0 Å². The van der Waals surface area contributed by atoms with Gasteiger partial charge in [0.1, 0.15) is 11.4 Å². The molecule has 0 saturated heterocycles. The van der Waals surface area contributed by atoms with Gasteiger partial charge in [-0.3, -0.25) is 0 Å². The van der Waals surface area contributed by atoms with Crippen molar-refractivity contribution in [2.45, 2.75) is 70.3 Å². The molecule has 35 heavy (non-hydrogen) atoms. The maximum absolute atomic E-state index is 12.0. The topological polar surface area (TPSA) is 35.5 Å². The Morgan fingerprint density at radius 1 is 0.971 bits per heavy atom. The van der Waals surface area contributed by atoms with Gasteiger partial charge < -0.3 is 9.47 Å². The minimum atomic E-state index is -0.482. The molecular weight excluding hydrogens is 500 g/mol. The van der Waals surface area contributed by atoms with Crippen molar-refractivity contribution >= 4 is 28.0 Å². The van der Waals surface area contributed by atoms with Crippen molar-refractivity contribution in [3.63, 3.8) is 0 Å². The van der Waals surface area contributed by atoms with Crippen LogP contribution in [0.5, 0.6) is 5.75 Å². The van der Waals surface area contributed by atoms with E-state index in [2.05, 4.69) is 58.4 Å². The Labute approximate surface area is 218 Å². The maximum atomic E-state index is 12.0. The SMILES string of the molecule is CC(C)(C)OC(=O)C=Cc1ccc(-c2ccc(OCCBr)c(C34CC5CC(CC(C5)C3)C4)c2)cc1. The summed E-state index contributed by atoms with van der Waals surface area (Å²) in [5, 5.41) is 0.841. The van der Waals surface area contributed by atoms with Gasteiger partial charge in [-0.2, -0.15) is 0 Å². The van der Waals surface area contributed by atoms with E-state index in [1.807, 2.05) is 26.8 Å². The molecule has 0 amide bonds. The van der Waals surface area contributed by atoms with Gasteiger partial charge in [0.2, 0.25) is 0 Å². The summed E-state index contributed by atoms with van der Waals surface area (Å²) in [4.78, 5) is 12.0. The Morgan fingerprint density at radius 3 is 2.14 bits per heavy atom. The molecule has 3 nitrogen and oxygen atoms in total. The van der Waals surface area contributed by atoms with Crippen molar-refractivity contribution < 1.29 is 14.3 Å². The van der Waals surface area contributed by atoms with Gasteiger partial charge in [0.15, 0.2) is 0 Å². The molecule has 0 atom stereocenters. The third-order valence-electron chi connectivity index (χ3n) is 7.99. The standard InChI is InChI=1S/C31H37BrO3/c1-30(2,3)35-29(33)11-6-21-4-7-25(8-5-21)26-9-10-28(34-13-12-32)27(17-26)31-18-22-14-23(19-31)16-24(15-22)20-31/h4-11,17,22-24H,12-16,18-20H2,1-3H3. The molecule has 0 radical (unpaired) electrons. The number of benzene rings is 2. The van der Waals surface area contributed by atoms with Crippen LogP contribution in [0.2, 0.25) is 0 Å². The molecule has 6 rings (SSSR count). The fourth-order valence-electron chi connectivity index (χ4n) is 7.13. The van der Waals surface area contributed by atoms with Gasteiger partial charge in [0, 0.05) is 17.0 Å². The lowest BCUT2D eigenvalue weighted by molar-refractivity contribution is -0.148. The Kier molecular flexibility index (Phi) is 6.87. The van der Waals surface area contributed by atoms with E-state index in [1.165, 1.54) is 61.3 Å². The molecular formula is C31H37BrO3. The molecule has 2 aromatic carbocycles. The van der Waals surface area contributed by atoms with E-state index in [9.17, 15) is 4.79 Å². The summed E-state index contributed by atoms with van der Waals surface area (Å²) in [6, 6.07) is 15.2. The third-order valence-corrected chi connectivity index (χ3v) is 8.31. The lowest BCUT2D eigenvalue weighted by atomic mass is 9.48. The first-order valence-corrected chi connectivity index (χ1v) is 14.2. The number of carbonyl (C=O) groups is 1. The Hall–Kier alpha value is -2.07. The van der Waals surface area contributed by atoms with Crippen LogP contribution in [0, 0.1) is 17.8 Å². The molecule has 4 bridgehead atoms. The maximum Gasteiger partial charge on any atom is 0.331 e. The van der Waals surface area contributed by atoms with E-state index in [4.69, 9.17) is 9.47 Å². The molecule has 0 N–H and O–H groups in total. The first-order chi connectivity index (χ1) is 16.7. The monoisotopic (exact) mass is 536 g/mol. The first-order valence-electron chi connectivity index (χ1n) is 13.1. The summed E-state index contributed by atoms with van der Waals surface area (Å²) in [5.74, 6) is 3.44. The molecule has 4 aliphatic carbocycles. The number of carbonyl (C=O) groups excluding carboxylic acids is 1. The van der Waals surface area contributed by atoms with Crippen molar-refractivity contribution in [2.75, 3.05) is 11.9 Å². The number of ether oxygens (including phenoxy) is 2. The number of hydrogen-bond donors (Lipinski definition) is 0. The fourth-order valence-corrected chi connectivity index (χ4v) is 7.29. The van der Waals surface area contributed by atoms with E-state index < -0.39 is 5.60 Å². The number of hydrogen-bond acceptors (Lipinski definition) is 3. The third kappa shape index (κ3) is 5.53. The normalized spacial score (nSPS) is 27.4. The number of halogens is 1. The number of rotatable bonds is 7. The highest BCUT2D eigenvalue weighted by molar-refractivity contribution is 9.09. The highest BCUT2D eigenvalue weighted by Crippen LogP contribution is 2.62. The number of esters is 1. The van der Waals surface area contributed by atoms with Crippen LogP contribution in [0.1, 0.15) is 70.4 Å². The van der Waals surface area contributed by atoms with Crippen molar-refractivity contribution in [2.24, 2.45) is 17.8 Å². The summed E-state index contributed by atoms with van der Waals surface area (Å²) in [7, 11) is 0. The van der Waals surface area contributed by atoms with Gasteiger partial charge in [-0.05, 0) is 117 Å². The smallest absolute Gasteiger partial charge is 0.331 e. The molecule has 0 spiro atoms. The average molecular weight is 538 g/mol. The van der Waals surface area contributed by atoms with Gasteiger partial charge in [0.25, 0.3) is 0 Å². The molecule has 2 aromatic rings. The van der Waals surface area contributed by atoms with Gasteiger partial charge in [-0.15, -0.1) is 0 Å². The van der Waals surface area contributed by atoms with Crippen molar-refractivity contribution in [1.82, 2.24) is 0 Å². The minimum absolute atomic E-state index is 0.280. The largest absolute Gasteiger partial charge is 0.492 e. The minimum Gasteiger partial charge on any atom is -0.492 e. The lowest BCUT2D eigenvalue weighted by Crippen LogP contribution is -2.48. The second-order valence-electron chi connectivity index (χ2n) is 11.9. The van der Waals surface area contributed by atoms with Crippen LogP contribution in [0.15, 0.2) is 48.5 Å². The quantitative estimate of drug-likeness (QED) is 0.204. The van der Waals surface area contributed by atoms with Gasteiger partial charge in [-0.1, -0.05) is 46.3 Å². The first kappa shape index (κ1) is 24.6. The average Bonchev–Trinajstić information content (AvgIpc) is 2.80. The molecule has 4 fully saturated rings. The van der Waals surface area contributed by atoms with Crippen LogP contribution >= 0.6 is 15.9 Å². The summed E-state index contributed by atoms with van der Waals surface area (Å²) in [5.41, 5.74) is 4.65. The second-order valence-corrected chi connectivity index (χ2v) is 12.7. The molecule has 186 valence electrons. The molecule has 0 aromatic heterocycles. The van der Waals surface area contributed by atoms with Crippen molar-refractivity contribution in [1.29, 1.82) is 0 Å². The molecule has 4 aliphatic rings. The Bertz CT molecular complexity index is 1060. The highest BCUT2D eigenvalue weighted by Gasteiger charge is 2.52. The predicted molar refractivity (Wildman–Crippen MR) is 146 cm³/mol. The van der Waals surface area contributed by atoms with Gasteiger partial charge >= 0.3 is 5.97 Å². The van der Waals surface area contributed by atoms with Crippen LogP contribution < -0.4 is 4.74 Å². The lowest BCUT2D eigenvalue weighted by Gasteiger charge is -2.57. The van der Waals surface area contributed by atoms with E-state index in [0.717, 1.165) is 34.4 Å². The Balaban J connectivity index is 1.40. The van der Waals surface area contributed by atoms with Crippen LogP contribution in [0.4, 0.5) is 0 Å². The molecule has 0 aliphatic heterocycles. The van der Waals surface area contributed by atoms with E-state index >= 15 is 0 Å². The summed E-state index contributed by atoms with van der Waals surface area (Å²) < 4.78 is 11.6. The molecule has 0 heterocycles. The predicted octanol–water partition coefficient (Wildman–Crippen LogP) is 7.95. The van der Waals surface area contributed by atoms with Crippen molar-refractivity contribution in [3.05, 3.63) is 59.7 Å². The van der Waals surface area contributed by atoms with Crippen LogP contribution in [-0.2, 0) is 14.9 Å². The molecule has 4 saturated carbocycles. The summed E-state index contributed by atoms with van der Waals surface area (Å²) in [6.07, 6.45) is 11.6. The summed E-state index contributed by atoms with van der Waals surface area (Å²) >= 11 is 3.53. The van der Waals surface area contributed by atoms with Crippen molar-refractivity contribution in [3.8, 4) is 16.9 Å². The van der Waals surface area contributed by atoms with Gasteiger partial charge in [0.05, 0.1) is 6.61 Å². The zero-order chi connectivity index (χ0) is 24.6. The van der Waals surface area contributed by atoms with Crippen LogP contribution in [-0.4, -0.2) is 23.5 Å². The second kappa shape index (κ2) is 9.76. The van der Waals surface area contributed by atoms with E-state index in [-0.39, 0.29) is 11.4 Å². The fraction of sp³-hybridized carbons (Fsp3) is 0.516. The molecule has 4 heteroatoms. The van der Waals surface area contributed by atoms with Crippen LogP contribution in [0.25, 0.3) is 17.2 Å². The highest BCUT2D eigenvalue weighted by atomic mass is 79.9. The molecule has 0 unspecified atom stereocenters. The zero-order valence-electron chi connectivity index (χ0n) is 21.2.